The molecule has 0 aromatic heterocycles. The van der Waals surface area contributed by atoms with E-state index in [1.807, 2.05) is 0 Å². The van der Waals surface area contributed by atoms with Crippen molar-refractivity contribution in [3.63, 3.8) is 0 Å². The SMILES string of the molecule is CCOC(=O)CCCCOc1cc(F)ccc1Br. The maximum absolute atomic E-state index is 13.0. The van der Waals surface area contributed by atoms with Crippen LogP contribution in [0.3, 0.4) is 0 Å². The van der Waals surface area contributed by atoms with Crippen LogP contribution in [-0.4, -0.2) is 19.2 Å². The Morgan fingerprint density at radius 1 is 1.39 bits per heavy atom. The monoisotopic (exact) mass is 318 g/mol. The first kappa shape index (κ1) is 15.0. The molecule has 0 unspecified atom stereocenters. The van der Waals surface area contributed by atoms with E-state index in [1.165, 1.54) is 12.1 Å². The summed E-state index contributed by atoms with van der Waals surface area (Å²) in [5, 5.41) is 0. The molecular weight excluding hydrogens is 303 g/mol. The van der Waals surface area contributed by atoms with Crippen LogP contribution in [0.5, 0.6) is 5.75 Å². The number of unbranched alkanes of at least 4 members (excludes halogenated alkanes) is 1. The molecule has 0 amide bonds. The first-order valence-corrected chi connectivity index (χ1v) is 6.66. The van der Waals surface area contributed by atoms with E-state index in [2.05, 4.69) is 15.9 Å². The molecule has 0 N–H and O–H groups in total. The lowest BCUT2D eigenvalue weighted by Gasteiger charge is -2.08. The van der Waals surface area contributed by atoms with Crippen LogP contribution >= 0.6 is 15.9 Å². The number of halogens is 2. The molecule has 1 aromatic carbocycles. The normalized spacial score (nSPS) is 10.2. The summed E-state index contributed by atoms with van der Waals surface area (Å²) in [4.78, 5) is 11.1. The molecule has 100 valence electrons. The molecular formula is C13H16BrFO3. The molecule has 0 aliphatic carbocycles. The molecule has 5 heteroatoms. The van der Waals surface area contributed by atoms with E-state index >= 15 is 0 Å². The van der Waals surface area contributed by atoms with Gasteiger partial charge in [0.15, 0.2) is 0 Å². The predicted octanol–water partition coefficient (Wildman–Crippen LogP) is 3.70. The maximum Gasteiger partial charge on any atom is 0.305 e. The van der Waals surface area contributed by atoms with Gasteiger partial charge in [0.1, 0.15) is 11.6 Å². The lowest BCUT2D eigenvalue weighted by Crippen LogP contribution is -2.05. The zero-order valence-electron chi connectivity index (χ0n) is 10.2. The Labute approximate surface area is 114 Å². The number of hydrogen-bond acceptors (Lipinski definition) is 3. The molecule has 0 atom stereocenters. The van der Waals surface area contributed by atoms with E-state index in [4.69, 9.17) is 9.47 Å². The Balaban J connectivity index is 2.21. The minimum Gasteiger partial charge on any atom is -0.492 e. The van der Waals surface area contributed by atoms with Crippen molar-refractivity contribution in [2.75, 3.05) is 13.2 Å². The van der Waals surface area contributed by atoms with Crippen LogP contribution in [0.15, 0.2) is 22.7 Å². The van der Waals surface area contributed by atoms with Gasteiger partial charge in [-0.05, 0) is 47.8 Å². The van der Waals surface area contributed by atoms with Gasteiger partial charge in [-0.25, -0.2) is 4.39 Å². The first-order valence-electron chi connectivity index (χ1n) is 5.87. The number of benzene rings is 1. The van der Waals surface area contributed by atoms with E-state index in [0.29, 0.717) is 36.3 Å². The topological polar surface area (TPSA) is 35.5 Å². The molecule has 0 radical (unpaired) electrons. The zero-order valence-corrected chi connectivity index (χ0v) is 11.8. The Bertz CT molecular complexity index is 396. The third kappa shape index (κ3) is 5.49. The minimum atomic E-state index is -0.334. The second-order valence-corrected chi connectivity index (χ2v) is 4.54. The molecule has 18 heavy (non-hydrogen) atoms. The molecule has 1 aromatic rings. The number of esters is 1. The molecule has 3 nitrogen and oxygen atoms in total. The second kappa shape index (κ2) is 8.08. The molecule has 0 saturated heterocycles. The summed E-state index contributed by atoms with van der Waals surface area (Å²) in [5.74, 6) is -0.0460. The largest absolute Gasteiger partial charge is 0.492 e. The maximum atomic E-state index is 13.0. The Hall–Kier alpha value is -1.10. The van der Waals surface area contributed by atoms with E-state index in [1.54, 1.807) is 13.0 Å². The Kier molecular flexibility index (Phi) is 6.72. The van der Waals surface area contributed by atoms with Gasteiger partial charge in [-0.2, -0.15) is 0 Å². The molecule has 0 bridgehead atoms. The number of carbonyl (C=O) groups excluding carboxylic acids is 1. The van der Waals surface area contributed by atoms with E-state index in [-0.39, 0.29) is 11.8 Å². The lowest BCUT2D eigenvalue weighted by atomic mass is 10.2. The van der Waals surface area contributed by atoms with Crippen molar-refractivity contribution in [2.24, 2.45) is 0 Å². The van der Waals surface area contributed by atoms with Crippen LogP contribution < -0.4 is 4.74 Å². The summed E-state index contributed by atoms with van der Waals surface area (Å²) in [5.41, 5.74) is 0. The summed E-state index contributed by atoms with van der Waals surface area (Å²) in [6.45, 7) is 2.63. The minimum absolute atomic E-state index is 0.190. The molecule has 0 saturated carbocycles. The summed E-state index contributed by atoms with van der Waals surface area (Å²) in [7, 11) is 0. The Morgan fingerprint density at radius 3 is 2.89 bits per heavy atom. The average Bonchev–Trinajstić information content (AvgIpc) is 2.33. The smallest absolute Gasteiger partial charge is 0.305 e. The van der Waals surface area contributed by atoms with Gasteiger partial charge in [0.05, 0.1) is 17.7 Å². The highest BCUT2D eigenvalue weighted by atomic mass is 79.9. The fourth-order valence-corrected chi connectivity index (χ4v) is 1.74. The summed E-state index contributed by atoms with van der Waals surface area (Å²) >= 11 is 3.28. The van der Waals surface area contributed by atoms with Crippen LogP contribution in [0.4, 0.5) is 4.39 Å². The number of rotatable bonds is 7. The molecule has 0 fully saturated rings. The van der Waals surface area contributed by atoms with Gasteiger partial charge in [-0.1, -0.05) is 0 Å². The summed E-state index contributed by atoms with van der Waals surface area (Å²) in [6.07, 6.45) is 1.81. The van der Waals surface area contributed by atoms with Crippen LogP contribution in [0, 0.1) is 5.82 Å². The third-order valence-corrected chi connectivity index (χ3v) is 2.89. The van der Waals surface area contributed by atoms with Crippen molar-refractivity contribution < 1.29 is 18.7 Å². The van der Waals surface area contributed by atoms with Crippen molar-refractivity contribution in [1.82, 2.24) is 0 Å². The first-order chi connectivity index (χ1) is 8.63. The van der Waals surface area contributed by atoms with Crippen molar-refractivity contribution in [3.05, 3.63) is 28.5 Å². The van der Waals surface area contributed by atoms with E-state index in [9.17, 15) is 9.18 Å². The number of carbonyl (C=O) groups is 1. The highest BCUT2D eigenvalue weighted by molar-refractivity contribution is 9.10. The van der Waals surface area contributed by atoms with Crippen molar-refractivity contribution >= 4 is 21.9 Å². The highest BCUT2D eigenvalue weighted by Crippen LogP contribution is 2.25. The zero-order chi connectivity index (χ0) is 13.4. The number of hydrogen-bond donors (Lipinski definition) is 0. The molecule has 0 aliphatic heterocycles. The quantitative estimate of drug-likeness (QED) is 0.568. The fraction of sp³-hybridized carbons (Fsp3) is 0.462. The molecule has 1 rings (SSSR count). The summed E-state index contributed by atoms with van der Waals surface area (Å²) in [6, 6.07) is 4.29. The molecule has 0 heterocycles. The van der Waals surface area contributed by atoms with E-state index in [0.717, 1.165) is 6.42 Å². The van der Waals surface area contributed by atoms with Gasteiger partial charge in [-0.3, -0.25) is 4.79 Å². The van der Waals surface area contributed by atoms with Gasteiger partial charge in [0, 0.05) is 12.5 Å². The van der Waals surface area contributed by atoms with Crippen LogP contribution in [-0.2, 0) is 9.53 Å². The van der Waals surface area contributed by atoms with Crippen molar-refractivity contribution in [3.8, 4) is 5.75 Å². The summed E-state index contributed by atoms with van der Waals surface area (Å²) < 4.78 is 23.9. The van der Waals surface area contributed by atoms with Crippen LogP contribution in [0.2, 0.25) is 0 Å². The fourth-order valence-electron chi connectivity index (χ4n) is 1.37. The molecule has 0 aliphatic rings. The lowest BCUT2D eigenvalue weighted by molar-refractivity contribution is -0.143. The van der Waals surface area contributed by atoms with Gasteiger partial charge in [0.25, 0.3) is 0 Å². The Morgan fingerprint density at radius 2 is 2.17 bits per heavy atom. The predicted molar refractivity (Wildman–Crippen MR) is 70.1 cm³/mol. The average molecular weight is 319 g/mol. The van der Waals surface area contributed by atoms with Crippen molar-refractivity contribution in [2.45, 2.75) is 26.2 Å². The second-order valence-electron chi connectivity index (χ2n) is 3.69. The number of ether oxygens (including phenoxy) is 2. The standard InChI is InChI=1S/C13H16BrFO3/c1-2-17-13(16)5-3-4-8-18-12-9-10(15)6-7-11(12)14/h6-7,9H,2-5,8H2,1H3. The van der Waals surface area contributed by atoms with Gasteiger partial charge in [-0.15, -0.1) is 0 Å². The van der Waals surface area contributed by atoms with Crippen LogP contribution in [0.1, 0.15) is 26.2 Å². The van der Waals surface area contributed by atoms with Gasteiger partial charge < -0.3 is 9.47 Å². The van der Waals surface area contributed by atoms with E-state index < -0.39 is 0 Å². The van der Waals surface area contributed by atoms with Gasteiger partial charge >= 0.3 is 5.97 Å². The van der Waals surface area contributed by atoms with Gasteiger partial charge in [0.2, 0.25) is 0 Å². The van der Waals surface area contributed by atoms with Crippen LogP contribution in [0.25, 0.3) is 0 Å². The van der Waals surface area contributed by atoms with Crippen molar-refractivity contribution in [1.29, 1.82) is 0 Å². The highest BCUT2D eigenvalue weighted by Gasteiger charge is 2.04. The third-order valence-electron chi connectivity index (χ3n) is 2.23. The molecule has 0 spiro atoms.